The average molecular weight is 269 g/mol. The molecule has 0 aromatic heterocycles. The molecule has 108 valence electrons. The minimum absolute atomic E-state index is 0.498. The molecular weight excluding hydrogens is 242 g/mol. The van der Waals surface area contributed by atoms with E-state index in [-0.39, 0.29) is 0 Å². The molecule has 1 nitrogen and oxygen atoms in total. The van der Waals surface area contributed by atoms with E-state index in [0.717, 1.165) is 29.7 Å². The fourth-order valence-electron chi connectivity index (χ4n) is 5.44. The molecular formula is C19H27N. The quantitative estimate of drug-likeness (QED) is 0.853. The molecule has 0 heterocycles. The van der Waals surface area contributed by atoms with Gasteiger partial charge in [-0.3, -0.25) is 0 Å². The second kappa shape index (κ2) is 4.87. The largest absolute Gasteiger partial charge is 0.307 e. The highest BCUT2D eigenvalue weighted by molar-refractivity contribution is 5.24. The maximum absolute atomic E-state index is 4.00. The highest BCUT2D eigenvalue weighted by atomic mass is 15.0. The third-order valence-electron chi connectivity index (χ3n) is 6.25. The van der Waals surface area contributed by atoms with Crippen LogP contribution in [0.15, 0.2) is 24.3 Å². The van der Waals surface area contributed by atoms with Gasteiger partial charge in [0.05, 0.1) is 0 Å². The first-order valence-corrected chi connectivity index (χ1v) is 8.51. The van der Waals surface area contributed by atoms with Crippen LogP contribution in [0.4, 0.5) is 0 Å². The highest BCUT2D eigenvalue weighted by Gasteiger charge is 2.48. The minimum atomic E-state index is 0.498. The molecule has 5 rings (SSSR count). The van der Waals surface area contributed by atoms with Crippen molar-refractivity contribution in [1.82, 2.24) is 5.32 Å². The Bertz CT molecular complexity index is 447. The summed E-state index contributed by atoms with van der Waals surface area (Å²) in [5, 5.41) is 4.00. The first-order valence-electron chi connectivity index (χ1n) is 8.51. The molecule has 0 spiro atoms. The summed E-state index contributed by atoms with van der Waals surface area (Å²) in [6, 6.07) is 10.4. The second-order valence-electron chi connectivity index (χ2n) is 7.76. The van der Waals surface area contributed by atoms with Gasteiger partial charge in [0.1, 0.15) is 0 Å². The summed E-state index contributed by atoms with van der Waals surface area (Å²) >= 11 is 0. The van der Waals surface area contributed by atoms with Gasteiger partial charge in [-0.15, -0.1) is 0 Å². The molecule has 1 aromatic rings. The zero-order chi connectivity index (χ0) is 13.7. The lowest BCUT2D eigenvalue weighted by atomic mass is 9.54. The summed E-state index contributed by atoms with van der Waals surface area (Å²) < 4.78 is 0. The summed E-state index contributed by atoms with van der Waals surface area (Å²) in [4.78, 5) is 0. The lowest BCUT2D eigenvalue weighted by molar-refractivity contribution is -0.0171. The van der Waals surface area contributed by atoms with Crippen molar-refractivity contribution < 1.29 is 0 Å². The summed E-state index contributed by atoms with van der Waals surface area (Å²) in [7, 11) is 0. The summed E-state index contributed by atoms with van der Waals surface area (Å²) in [5.41, 5.74) is 2.81. The van der Waals surface area contributed by atoms with Gasteiger partial charge in [0.2, 0.25) is 0 Å². The Labute approximate surface area is 123 Å². The minimum Gasteiger partial charge on any atom is -0.307 e. The standard InChI is InChI=1S/C19H27N/c1-12-3-5-16(6-4-12)13(2)20-19-17-8-14-7-15(10-17)11-18(19)9-14/h3-6,13-15,17-20H,7-11H2,1-2H3. The molecule has 4 aliphatic carbocycles. The van der Waals surface area contributed by atoms with Gasteiger partial charge in [-0.05, 0) is 75.2 Å². The zero-order valence-corrected chi connectivity index (χ0v) is 12.8. The van der Waals surface area contributed by atoms with Crippen LogP contribution in [0.2, 0.25) is 0 Å². The van der Waals surface area contributed by atoms with Crippen molar-refractivity contribution in [3.8, 4) is 0 Å². The second-order valence-corrected chi connectivity index (χ2v) is 7.76. The van der Waals surface area contributed by atoms with Crippen LogP contribution in [-0.2, 0) is 0 Å². The van der Waals surface area contributed by atoms with Crippen molar-refractivity contribution in [3.05, 3.63) is 35.4 Å². The molecule has 1 heteroatoms. The summed E-state index contributed by atoms with van der Waals surface area (Å²) in [5.74, 6) is 4.09. The van der Waals surface area contributed by atoms with Crippen molar-refractivity contribution in [2.45, 2.75) is 58.0 Å². The van der Waals surface area contributed by atoms with E-state index < -0.39 is 0 Å². The molecule has 1 aromatic carbocycles. The van der Waals surface area contributed by atoms with Gasteiger partial charge >= 0.3 is 0 Å². The van der Waals surface area contributed by atoms with E-state index in [9.17, 15) is 0 Å². The molecule has 1 unspecified atom stereocenters. The van der Waals surface area contributed by atoms with E-state index in [0.29, 0.717) is 6.04 Å². The van der Waals surface area contributed by atoms with Gasteiger partial charge in [0.15, 0.2) is 0 Å². The molecule has 4 aliphatic rings. The SMILES string of the molecule is Cc1ccc(C(C)NC2C3CC4CC(C3)CC2C4)cc1. The monoisotopic (exact) mass is 269 g/mol. The van der Waals surface area contributed by atoms with Crippen LogP contribution in [0.3, 0.4) is 0 Å². The van der Waals surface area contributed by atoms with E-state index in [2.05, 4.69) is 43.4 Å². The fourth-order valence-corrected chi connectivity index (χ4v) is 5.44. The number of aryl methyl sites for hydroxylation is 1. The van der Waals surface area contributed by atoms with Gasteiger partial charge in [-0.1, -0.05) is 29.8 Å². The van der Waals surface area contributed by atoms with E-state index in [1.807, 2.05) is 0 Å². The molecule has 0 saturated heterocycles. The Kier molecular flexibility index (Phi) is 3.14. The molecule has 0 radical (unpaired) electrons. The van der Waals surface area contributed by atoms with E-state index in [1.54, 1.807) is 6.42 Å². The van der Waals surface area contributed by atoms with Crippen LogP contribution < -0.4 is 5.32 Å². The van der Waals surface area contributed by atoms with E-state index in [1.165, 1.54) is 36.8 Å². The van der Waals surface area contributed by atoms with Crippen molar-refractivity contribution in [1.29, 1.82) is 0 Å². The zero-order valence-electron chi connectivity index (χ0n) is 12.8. The number of hydrogen-bond donors (Lipinski definition) is 1. The predicted molar refractivity (Wildman–Crippen MR) is 83.6 cm³/mol. The Morgan fingerprint density at radius 3 is 2.00 bits per heavy atom. The molecule has 0 amide bonds. The Morgan fingerprint density at radius 2 is 1.45 bits per heavy atom. The normalized spacial score (nSPS) is 40.0. The van der Waals surface area contributed by atoms with Crippen LogP contribution in [-0.4, -0.2) is 6.04 Å². The molecule has 4 saturated carbocycles. The third kappa shape index (κ3) is 2.20. The lowest BCUT2D eigenvalue weighted by Crippen LogP contribution is -2.54. The third-order valence-corrected chi connectivity index (χ3v) is 6.25. The van der Waals surface area contributed by atoms with Crippen molar-refractivity contribution in [3.63, 3.8) is 0 Å². The summed E-state index contributed by atoms with van der Waals surface area (Å²) in [6.07, 6.45) is 7.57. The maximum Gasteiger partial charge on any atom is 0.0294 e. The molecule has 1 N–H and O–H groups in total. The summed E-state index contributed by atoms with van der Waals surface area (Å²) in [6.45, 7) is 4.51. The molecule has 4 bridgehead atoms. The Balaban J connectivity index is 1.47. The van der Waals surface area contributed by atoms with Crippen molar-refractivity contribution >= 4 is 0 Å². The first-order chi connectivity index (χ1) is 9.69. The fraction of sp³-hybridized carbons (Fsp3) is 0.684. The van der Waals surface area contributed by atoms with Crippen molar-refractivity contribution in [2.75, 3.05) is 0 Å². The number of nitrogens with one attached hydrogen (secondary N) is 1. The van der Waals surface area contributed by atoms with Gasteiger partial charge < -0.3 is 5.32 Å². The molecule has 20 heavy (non-hydrogen) atoms. The molecule has 1 atom stereocenters. The van der Waals surface area contributed by atoms with Crippen LogP contribution in [0, 0.1) is 30.6 Å². The first kappa shape index (κ1) is 12.9. The van der Waals surface area contributed by atoms with Gasteiger partial charge in [0, 0.05) is 12.1 Å². The van der Waals surface area contributed by atoms with Crippen LogP contribution in [0.25, 0.3) is 0 Å². The van der Waals surface area contributed by atoms with Crippen molar-refractivity contribution in [2.24, 2.45) is 23.7 Å². The average Bonchev–Trinajstić information content (AvgIpc) is 2.42. The Morgan fingerprint density at radius 1 is 0.900 bits per heavy atom. The smallest absolute Gasteiger partial charge is 0.0294 e. The number of benzene rings is 1. The number of rotatable bonds is 3. The molecule has 0 aliphatic heterocycles. The maximum atomic E-state index is 4.00. The highest BCUT2D eigenvalue weighted by Crippen LogP contribution is 2.54. The number of hydrogen-bond acceptors (Lipinski definition) is 1. The van der Waals surface area contributed by atoms with Crippen LogP contribution in [0.5, 0.6) is 0 Å². The van der Waals surface area contributed by atoms with Crippen LogP contribution in [0.1, 0.15) is 56.2 Å². The van der Waals surface area contributed by atoms with Crippen LogP contribution >= 0.6 is 0 Å². The van der Waals surface area contributed by atoms with E-state index >= 15 is 0 Å². The van der Waals surface area contributed by atoms with Gasteiger partial charge in [0.25, 0.3) is 0 Å². The van der Waals surface area contributed by atoms with Gasteiger partial charge in [-0.2, -0.15) is 0 Å². The topological polar surface area (TPSA) is 12.0 Å². The van der Waals surface area contributed by atoms with Gasteiger partial charge in [-0.25, -0.2) is 0 Å². The van der Waals surface area contributed by atoms with E-state index in [4.69, 9.17) is 0 Å². The predicted octanol–water partition coefficient (Wildman–Crippen LogP) is 4.47. The molecule has 4 fully saturated rings. The lowest BCUT2D eigenvalue weighted by Gasteiger charge is -2.55. The Hall–Kier alpha value is -0.820.